The maximum Gasteiger partial charge on any atom is 0.261 e. The van der Waals surface area contributed by atoms with Crippen LogP contribution in [0.5, 0.6) is 0 Å². The van der Waals surface area contributed by atoms with Gasteiger partial charge in [0.2, 0.25) is 5.91 Å². The number of hydrogen-bond acceptors (Lipinski definition) is 3. The summed E-state index contributed by atoms with van der Waals surface area (Å²) in [5, 5.41) is 0.663. The van der Waals surface area contributed by atoms with E-state index in [1.54, 1.807) is 4.57 Å². The van der Waals surface area contributed by atoms with Crippen molar-refractivity contribution < 1.29 is 4.79 Å². The van der Waals surface area contributed by atoms with E-state index in [0.717, 1.165) is 24.2 Å². The van der Waals surface area contributed by atoms with Gasteiger partial charge in [0.05, 0.1) is 16.9 Å². The highest BCUT2D eigenvalue weighted by atomic mass is 16.2. The Morgan fingerprint density at radius 1 is 1.22 bits per heavy atom. The van der Waals surface area contributed by atoms with E-state index in [1.807, 2.05) is 43.0 Å². The van der Waals surface area contributed by atoms with E-state index in [1.165, 1.54) is 0 Å². The number of carbonyl (C=O) groups excluding carboxylic acids is 1. The first kappa shape index (κ1) is 14.4. The van der Waals surface area contributed by atoms with Gasteiger partial charge >= 0.3 is 0 Å². The Labute approximate surface area is 134 Å². The zero-order valence-corrected chi connectivity index (χ0v) is 13.5. The molecular weight excluding hydrogens is 290 g/mol. The Morgan fingerprint density at radius 3 is 2.74 bits per heavy atom. The molecule has 5 heteroatoms. The minimum Gasteiger partial charge on any atom is -0.334 e. The molecule has 0 unspecified atom stereocenters. The van der Waals surface area contributed by atoms with E-state index < -0.39 is 0 Å². The van der Waals surface area contributed by atoms with Crippen LogP contribution in [0.15, 0.2) is 29.1 Å². The van der Waals surface area contributed by atoms with Crippen LogP contribution in [0.1, 0.15) is 32.5 Å². The van der Waals surface area contributed by atoms with Gasteiger partial charge in [-0.3, -0.25) is 14.2 Å². The number of hydrogen-bond donors (Lipinski definition) is 0. The molecule has 1 aromatic carbocycles. The summed E-state index contributed by atoms with van der Waals surface area (Å²) < 4.78 is 1.80. The van der Waals surface area contributed by atoms with Gasteiger partial charge in [-0.1, -0.05) is 26.0 Å². The molecule has 2 aliphatic rings. The second kappa shape index (κ2) is 5.18. The van der Waals surface area contributed by atoms with Crippen LogP contribution in [-0.2, 0) is 17.8 Å². The molecule has 1 amide bonds. The van der Waals surface area contributed by atoms with Crippen LogP contribution < -0.4 is 5.56 Å². The average Bonchev–Trinajstić information content (AvgIpc) is 2.83. The minimum atomic E-state index is -0.0111. The third-order valence-corrected chi connectivity index (χ3v) is 5.12. The fourth-order valence-corrected chi connectivity index (χ4v) is 3.98. The van der Waals surface area contributed by atoms with Gasteiger partial charge in [0, 0.05) is 24.9 Å². The second-order valence-corrected chi connectivity index (χ2v) is 6.95. The van der Waals surface area contributed by atoms with Gasteiger partial charge in [0.1, 0.15) is 5.82 Å². The number of para-hydroxylation sites is 1. The molecule has 4 rings (SSSR count). The monoisotopic (exact) mass is 311 g/mol. The van der Waals surface area contributed by atoms with Gasteiger partial charge in [-0.2, -0.15) is 0 Å². The number of aromatic nitrogens is 2. The second-order valence-electron chi connectivity index (χ2n) is 6.95. The summed E-state index contributed by atoms with van der Waals surface area (Å²) in [4.78, 5) is 32.2. The van der Waals surface area contributed by atoms with Crippen molar-refractivity contribution in [1.29, 1.82) is 0 Å². The van der Waals surface area contributed by atoms with Gasteiger partial charge in [0.25, 0.3) is 5.56 Å². The van der Waals surface area contributed by atoms with Gasteiger partial charge in [-0.15, -0.1) is 0 Å². The topological polar surface area (TPSA) is 55.2 Å². The highest BCUT2D eigenvalue weighted by Crippen LogP contribution is 2.32. The molecule has 1 aromatic heterocycles. The number of nitrogens with zero attached hydrogens (tertiary/aromatic N) is 3. The summed E-state index contributed by atoms with van der Waals surface area (Å²) in [6, 6.07) is 7.79. The molecule has 1 saturated heterocycles. The summed E-state index contributed by atoms with van der Waals surface area (Å²) in [6.07, 6.45) is 2.66. The lowest BCUT2D eigenvalue weighted by Gasteiger charge is -2.29. The van der Waals surface area contributed by atoms with Crippen molar-refractivity contribution in [2.45, 2.75) is 51.7 Å². The third kappa shape index (κ3) is 2.18. The largest absolute Gasteiger partial charge is 0.334 e. The van der Waals surface area contributed by atoms with Gasteiger partial charge in [-0.25, -0.2) is 4.98 Å². The maximum absolute atomic E-state index is 12.8. The quantitative estimate of drug-likeness (QED) is 0.809. The molecule has 2 aromatic rings. The van der Waals surface area contributed by atoms with E-state index in [4.69, 9.17) is 4.98 Å². The predicted molar refractivity (Wildman–Crippen MR) is 88.2 cm³/mol. The number of carbonyl (C=O) groups is 1. The number of amides is 1. The van der Waals surface area contributed by atoms with Crippen LogP contribution in [0.25, 0.3) is 10.9 Å². The highest BCUT2D eigenvalue weighted by Gasteiger charge is 2.41. The van der Waals surface area contributed by atoms with E-state index in [9.17, 15) is 9.59 Å². The van der Waals surface area contributed by atoms with E-state index in [-0.39, 0.29) is 29.5 Å². The minimum absolute atomic E-state index is 0.0111. The molecular formula is C18H21N3O2. The van der Waals surface area contributed by atoms with Crippen LogP contribution in [0.2, 0.25) is 0 Å². The fourth-order valence-electron chi connectivity index (χ4n) is 3.98. The molecule has 5 nitrogen and oxygen atoms in total. The van der Waals surface area contributed by atoms with Gasteiger partial charge in [0.15, 0.2) is 0 Å². The van der Waals surface area contributed by atoms with Crippen molar-refractivity contribution in [1.82, 2.24) is 14.5 Å². The first-order valence-electron chi connectivity index (χ1n) is 8.37. The van der Waals surface area contributed by atoms with Crippen molar-refractivity contribution in [3.05, 3.63) is 40.4 Å². The molecule has 2 bridgehead atoms. The number of rotatable bonds is 1. The summed E-state index contributed by atoms with van der Waals surface area (Å²) in [7, 11) is 0. The zero-order chi connectivity index (χ0) is 16.1. The lowest BCUT2D eigenvalue weighted by molar-refractivity contribution is -0.137. The Balaban J connectivity index is 1.83. The Bertz CT molecular complexity index is 840. The van der Waals surface area contributed by atoms with Crippen molar-refractivity contribution in [3.8, 4) is 0 Å². The zero-order valence-electron chi connectivity index (χ0n) is 13.5. The van der Waals surface area contributed by atoms with Crippen LogP contribution >= 0.6 is 0 Å². The van der Waals surface area contributed by atoms with Crippen LogP contribution in [-0.4, -0.2) is 32.4 Å². The number of fused-ring (bicyclic) bond motifs is 4. The number of benzene rings is 1. The lowest BCUT2D eigenvalue weighted by Crippen LogP contribution is -2.44. The lowest BCUT2D eigenvalue weighted by atomic mass is 10.1. The molecule has 2 aliphatic heterocycles. The normalized spacial score (nSPS) is 23.2. The fraction of sp³-hybridized carbons (Fsp3) is 0.500. The smallest absolute Gasteiger partial charge is 0.261 e. The molecule has 0 aliphatic carbocycles. The first-order chi connectivity index (χ1) is 11.1. The van der Waals surface area contributed by atoms with Crippen molar-refractivity contribution in [3.63, 3.8) is 0 Å². The maximum atomic E-state index is 12.8. The molecule has 23 heavy (non-hydrogen) atoms. The van der Waals surface area contributed by atoms with Crippen molar-refractivity contribution in [2.24, 2.45) is 5.92 Å². The molecule has 2 atom stereocenters. The molecule has 0 spiro atoms. The van der Waals surface area contributed by atoms with E-state index in [2.05, 4.69) is 0 Å². The SMILES string of the molecule is CC(C)C(=O)N1[C@H]2CC[C@H]1Cn1c(nc3ccccc3c1=O)C2. The van der Waals surface area contributed by atoms with Crippen LogP contribution in [0.3, 0.4) is 0 Å². The molecule has 120 valence electrons. The van der Waals surface area contributed by atoms with Crippen LogP contribution in [0, 0.1) is 5.92 Å². The predicted octanol–water partition coefficient (Wildman–Crippen LogP) is 1.97. The van der Waals surface area contributed by atoms with Gasteiger partial charge < -0.3 is 4.90 Å². The van der Waals surface area contributed by atoms with E-state index >= 15 is 0 Å². The average molecular weight is 311 g/mol. The van der Waals surface area contributed by atoms with Crippen LogP contribution in [0.4, 0.5) is 0 Å². The standard InChI is InChI=1S/C18H21N3O2/c1-11(2)17(22)21-12-7-8-13(21)10-20-16(9-12)19-15-6-4-3-5-14(15)18(20)23/h3-6,11-13H,7-10H2,1-2H3/t12-,13-/m0/s1. The summed E-state index contributed by atoms with van der Waals surface area (Å²) in [5.41, 5.74) is 0.776. The molecule has 0 saturated carbocycles. The van der Waals surface area contributed by atoms with Gasteiger partial charge in [-0.05, 0) is 25.0 Å². The van der Waals surface area contributed by atoms with Crippen molar-refractivity contribution >= 4 is 16.8 Å². The van der Waals surface area contributed by atoms with Crippen molar-refractivity contribution in [2.75, 3.05) is 0 Å². The van der Waals surface area contributed by atoms with E-state index in [0.29, 0.717) is 18.4 Å². The summed E-state index contributed by atoms with van der Waals surface area (Å²) >= 11 is 0. The third-order valence-electron chi connectivity index (χ3n) is 5.12. The Morgan fingerprint density at radius 2 is 1.96 bits per heavy atom. The summed E-state index contributed by atoms with van der Waals surface area (Å²) in [6.45, 7) is 4.46. The Kier molecular flexibility index (Phi) is 3.25. The first-order valence-corrected chi connectivity index (χ1v) is 8.37. The molecule has 3 heterocycles. The highest BCUT2D eigenvalue weighted by molar-refractivity contribution is 5.79. The molecule has 1 fully saturated rings. The molecule has 0 N–H and O–H groups in total. The Hall–Kier alpha value is -2.17. The molecule has 0 radical (unpaired) electrons. The summed E-state index contributed by atoms with van der Waals surface area (Å²) in [5.74, 6) is 1.01.